The lowest BCUT2D eigenvalue weighted by Gasteiger charge is -2.36. The Hall–Kier alpha value is -1.14. The van der Waals surface area contributed by atoms with E-state index >= 15 is 0 Å². The highest BCUT2D eigenvalue weighted by atomic mass is 35.5. The summed E-state index contributed by atoms with van der Waals surface area (Å²) in [6.45, 7) is 4.04. The Labute approximate surface area is 150 Å². The van der Waals surface area contributed by atoms with Crippen molar-refractivity contribution >= 4 is 18.3 Å². The van der Waals surface area contributed by atoms with Crippen molar-refractivity contribution in [2.24, 2.45) is 5.41 Å². The minimum atomic E-state index is -0.571. The summed E-state index contributed by atoms with van der Waals surface area (Å²) in [6, 6.07) is 9.44. The molecule has 0 spiro atoms. The van der Waals surface area contributed by atoms with Gasteiger partial charge in [0.1, 0.15) is 0 Å². The molecule has 2 rings (SSSR count). The molecule has 1 amide bonds. The van der Waals surface area contributed by atoms with E-state index in [1.165, 1.54) is 0 Å². The van der Waals surface area contributed by atoms with Gasteiger partial charge in [0.15, 0.2) is 0 Å². The van der Waals surface area contributed by atoms with Crippen molar-refractivity contribution in [3.05, 3.63) is 35.9 Å². The molecule has 0 saturated carbocycles. The zero-order chi connectivity index (χ0) is 16.7. The van der Waals surface area contributed by atoms with Gasteiger partial charge in [0.05, 0.1) is 18.1 Å². The largest absolute Gasteiger partial charge is 0.388 e. The molecular formula is C18H29ClN2O3. The number of methoxy groups -OCH3 is 1. The Morgan fingerprint density at radius 2 is 1.96 bits per heavy atom. The van der Waals surface area contributed by atoms with Crippen LogP contribution in [-0.4, -0.2) is 43.9 Å². The van der Waals surface area contributed by atoms with Crippen LogP contribution in [0, 0.1) is 5.41 Å². The molecule has 136 valence electrons. The number of carbonyl (C=O) groups excluding carboxylic acids is 1. The molecule has 1 aromatic rings. The number of hydrogen-bond acceptors (Lipinski definition) is 4. The highest BCUT2D eigenvalue weighted by molar-refractivity contribution is 5.85. The van der Waals surface area contributed by atoms with Crippen molar-refractivity contribution < 1.29 is 14.6 Å². The quantitative estimate of drug-likeness (QED) is 0.699. The van der Waals surface area contributed by atoms with E-state index in [0.717, 1.165) is 31.5 Å². The van der Waals surface area contributed by atoms with Crippen LogP contribution >= 0.6 is 12.4 Å². The second-order valence-corrected chi connectivity index (χ2v) is 6.50. The molecule has 1 fully saturated rings. The molecule has 3 N–H and O–H groups in total. The standard InChI is InChI=1S/C18H28N2O3.ClH/c1-14(12-16(21)15-6-4-3-5-7-15)20-17(22)18(13-23-2)8-10-19-11-9-18;/h3-7,14,16,19,21H,8-13H2,1-2H3,(H,20,22);1H. The molecule has 1 aliphatic rings. The SMILES string of the molecule is COCC1(C(=O)NC(C)CC(O)c2ccccc2)CCNCC1.Cl. The van der Waals surface area contributed by atoms with E-state index in [2.05, 4.69) is 10.6 Å². The van der Waals surface area contributed by atoms with Crippen molar-refractivity contribution in [2.45, 2.75) is 38.3 Å². The molecule has 1 aromatic carbocycles. The van der Waals surface area contributed by atoms with E-state index in [0.29, 0.717) is 13.0 Å². The third kappa shape index (κ3) is 5.45. The van der Waals surface area contributed by atoms with E-state index in [4.69, 9.17) is 4.74 Å². The van der Waals surface area contributed by atoms with Crippen LogP contribution < -0.4 is 10.6 Å². The number of carbonyl (C=O) groups is 1. The third-order valence-electron chi connectivity index (χ3n) is 4.60. The first-order valence-electron chi connectivity index (χ1n) is 8.31. The smallest absolute Gasteiger partial charge is 0.228 e. The number of aliphatic hydroxyl groups is 1. The number of nitrogens with one attached hydrogen (secondary N) is 2. The van der Waals surface area contributed by atoms with Crippen LogP contribution in [0.2, 0.25) is 0 Å². The number of aliphatic hydroxyl groups excluding tert-OH is 1. The van der Waals surface area contributed by atoms with Gasteiger partial charge in [-0.05, 0) is 44.8 Å². The Kier molecular flexibility index (Phi) is 8.70. The van der Waals surface area contributed by atoms with Crippen molar-refractivity contribution in [1.82, 2.24) is 10.6 Å². The van der Waals surface area contributed by atoms with E-state index in [9.17, 15) is 9.90 Å². The number of halogens is 1. The highest BCUT2D eigenvalue weighted by Crippen LogP contribution is 2.30. The summed E-state index contributed by atoms with van der Waals surface area (Å²) in [5.74, 6) is 0.0358. The summed E-state index contributed by atoms with van der Waals surface area (Å²) < 4.78 is 5.30. The number of hydrogen-bond donors (Lipinski definition) is 3. The van der Waals surface area contributed by atoms with Gasteiger partial charge in [-0.2, -0.15) is 0 Å². The number of rotatable bonds is 7. The summed E-state index contributed by atoms with van der Waals surface area (Å²) >= 11 is 0. The first-order valence-corrected chi connectivity index (χ1v) is 8.31. The zero-order valence-corrected chi connectivity index (χ0v) is 15.3. The molecule has 1 heterocycles. The normalized spacial score (nSPS) is 19.0. The Morgan fingerprint density at radius 1 is 1.33 bits per heavy atom. The van der Waals surface area contributed by atoms with Crippen LogP contribution in [-0.2, 0) is 9.53 Å². The molecular weight excluding hydrogens is 328 g/mol. The summed E-state index contributed by atoms with van der Waals surface area (Å²) in [6.07, 6.45) is 1.48. The fraction of sp³-hybridized carbons (Fsp3) is 0.611. The molecule has 1 aliphatic heterocycles. The fourth-order valence-corrected chi connectivity index (χ4v) is 3.20. The molecule has 2 unspecified atom stereocenters. The van der Waals surface area contributed by atoms with Crippen molar-refractivity contribution in [2.75, 3.05) is 26.8 Å². The molecule has 0 aliphatic carbocycles. The molecule has 2 atom stereocenters. The lowest BCUT2D eigenvalue weighted by atomic mass is 9.78. The average molecular weight is 357 g/mol. The average Bonchev–Trinajstić information content (AvgIpc) is 2.56. The van der Waals surface area contributed by atoms with Gasteiger partial charge in [-0.15, -0.1) is 12.4 Å². The van der Waals surface area contributed by atoms with Gasteiger partial charge in [0.2, 0.25) is 5.91 Å². The molecule has 0 radical (unpaired) electrons. The van der Waals surface area contributed by atoms with Crippen LogP contribution in [0.4, 0.5) is 0 Å². The third-order valence-corrected chi connectivity index (χ3v) is 4.60. The summed E-state index contributed by atoms with van der Waals surface area (Å²) in [5, 5.41) is 16.6. The van der Waals surface area contributed by atoms with Crippen molar-refractivity contribution in [1.29, 1.82) is 0 Å². The molecule has 5 nitrogen and oxygen atoms in total. The van der Waals surface area contributed by atoms with Gasteiger partial charge < -0.3 is 20.5 Å². The van der Waals surface area contributed by atoms with Crippen LogP contribution in [0.3, 0.4) is 0 Å². The lowest BCUT2D eigenvalue weighted by Crippen LogP contribution is -2.52. The first kappa shape index (κ1) is 20.9. The summed E-state index contributed by atoms with van der Waals surface area (Å²) in [7, 11) is 1.64. The number of amides is 1. The predicted molar refractivity (Wildman–Crippen MR) is 97.3 cm³/mol. The monoisotopic (exact) mass is 356 g/mol. The number of ether oxygens (including phenoxy) is 1. The van der Waals surface area contributed by atoms with Gasteiger partial charge in [0.25, 0.3) is 0 Å². The number of benzene rings is 1. The van der Waals surface area contributed by atoms with Gasteiger partial charge in [-0.3, -0.25) is 4.79 Å². The lowest BCUT2D eigenvalue weighted by molar-refractivity contribution is -0.137. The zero-order valence-electron chi connectivity index (χ0n) is 14.5. The van der Waals surface area contributed by atoms with E-state index in [1.54, 1.807) is 7.11 Å². The van der Waals surface area contributed by atoms with Crippen LogP contribution in [0.15, 0.2) is 30.3 Å². The van der Waals surface area contributed by atoms with Gasteiger partial charge in [0, 0.05) is 13.2 Å². The van der Waals surface area contributed by atoms with Crippen molar-refractivity contribution in [3.8, 4) is 0 Å². The second kappa shape index (κ2) is 9.99. The number of piperidine rings is 1. The van der Waals surface area contributed by atoms with E-state index < -0.39 is 11.5 Å². The molecule has 0 bridgehead atoms. The molecule has 1 saturated heterocycles. The summed E-state index contributed by atoms with van der Waals surface area (Å²) in [5.41, 5.74) is 0.424. The maximum absolute atomic E-state index is 12.7. The van der Waals surface area contributed by atoms with Gasteiger partial charge in [-0.25, -0.2) is 0 Å². The van der Waals surface area contributed by atoms with E-state index in [-0.39, 0.29) is 24.4 Å². The maximum Gasteiger partial charge on any atom is 0.228 e. The molecule has 0 aromatic heterocycles. The Bertz CT molecular complexity index is 487. The highest BCUT2D eigenvalue weighted by Gasteiger charge is 2.40. The van der Waals surface area contributed by atoms with Crippen LogP contribution in [0.25, 0.3) is 0 Å². The van der Waals surface area contributed by atoms with Crippen LogP contribution in [0.5, 0.6) is 0 Å². The van der Waals surface area contributed by atoms with Gasteiger partial charge in [-0.1, -0.05) is 30.3 Å². The Morgan fingerprint density at radius 3 is 2.54 bits per heavy atom. The maximum atomic E-state index is 12.7. The van der Waals surface area contributed by atoms with E-state index in [1.807, 2.05) is 37.3 Å². The fourth-order valence-electron chi connectivity index (χ4n) is 3.20. The van der Waals surface area contributed by atoms with Gasteiger partial charge >= 0.3 is 0 Å². The van der Waals surface area contributed by atoms with Crippen LogP contribution in [0.1, 0.15) is 37.9 Å². The first-order chi connectivity index (χ1) is 11.1. The Balaban J connectivity index is 0.00000288. The van der Waals surface area contributed by atoms with Crippen molar-refractivity contribution in [3.63, 3.8) is 0 Å². The topological polar surface area (TPSA) is 70.6 Å². The predicted octanol–water partition coefficient (Wildman–Crippen LogP) is 2.05. The molecule has 24 heavy (non-hydrogen) atoms. The minimum Gasteiger partial charge on any atom is -0.388 e. The summed E-state index contributed by atoms with van der Waals surface area (Å²) in [4.78, 5) is 12.7. The molecule has 6 heteroatoms. The second-order valence-electron chi connectivity index (χ2n) is 6.50. The minimum absolute atomic E-state index is 0.